The van der Waals surface area contributed by atoms with E-state index in [1.165, 1.54) is 31.3 Å². The van der Waals surface area contributed by atoms with Crippen molar-refractivity contribution < 1.29 is 18.8 Å². The van der Waals surface area contributed by atoms with Crippen LogP contribution in [0.15, 0.2) is 36.5 Å². The van der Waals surface area contributed by atoms with Crippen molar-refractivity contribution in [3.05, 3.63) is 58.8 Å². The monoisotopic (exact) mass is 425 g/mol. The first-order valence-corrected chi connectivity index (χ1v) is 10.1. The highest BCUT2D eigenvalue weighted by atomic mass is 19.1. The second kappa shape index (κ2) is 7.64. The Morgan fingerprint density at radius 3 is 2.58 bits per heavy atom. The van der Waals surface area contributed by atoms with Crippen molar-refractivity contribution in [2.24, 2.45) is 0 Å². The number of carbonyl (C=O) groups is 3. The number of nitrogens with one attached hydrogen (secondary N) is 2. The van der Waals surface area contributed by atoms with Gasteiger partial charge in [-0.2, -0.15) is 0 Å². The van der Waals surface area contributed by atoms with E-state index in [2.05, 4.69) is 16.4 Å². The standard InChI is InChI=1S/C22H24FN5O3/c1-13-10-14(2)18(24-11-13)25-17-8-9-28(12-17)19(29)15-4-6-16(7-5-15)22(23)20(30)26-21(31)27(22)3/h4-7,10-11,17H,8-9,12H2,1-3H3,(H,24,25)(H,26,30,31)/t17-,22-/m0/s1. The Kier molecular flexibility index (Phi) is 5.12. The molecule has 3 heterocycles. The SMILES string of the molecule is Cc1cnc(N[C@H]2CCN(C(=O)c3ccc([C@@]4(F)C(=O)NC(=O)N4C)cc3)C2)c(C)c1. The number of likely N-dealkylation sites (tertiary alicyclic amines) is 1. The smallest absolute Gasteiger partial charge is 0.327 e. The van der Waals surface area contributed by atoms with Gasteiger partial charge in [-0.1, -0.05) is 18.2 Å². The van der Waals surface area contributed by atoms with Gasteiger partial charge in [-0.15, -0.1) is 0 Å². The molecular weight excluding hydrogens is 401 g/mol. The Hall–Kier alpha value is -3.49. The van der Waals surface area contributed by atoms with Crippen LogP contribution in [0.2, 0.25) is 0 Å². The Morgan fingerprint density at radius 2 is 1.97 bits per heavy atom. The van der Waals surface area contributed by atoms with Crippen LogP contribution in [0.25, 0.3) is 0 Å². The summed E-state index contributed by atoms with van der Waals surface area (Å²) in [6, 6.07) is 7.04. The molecule has 2 fully saturated rings. The van der Waals surface area contributed by atoms with E-state index in [1.54, 1.807) is 4.90 Å². The third-order valence-electron chi connectivity index (χ3n) is 5.83. The molecule has 2 N–H and O–H groups in total. The van der Waals surface area contributed by atoms with Gasteiger partial charge >= 0.3 is 6.03 Å². The summed E-state index contributed by atoms with van der Waals surface area (Å²) in [6.07, 6.45) is 2.60. The molecule has 4 rings (SSSR count). The molecule has 162 valence electrons. The van der Waals surface area contributed by atoms with Crippen LogP contribution < -0.4 is 10.6 Å². The van der Waals surface area contributed by atoms with Gasteiger partial charge < -0.3 is 10.2 Å². The maximum atomic E-state index is 15.2. The van der Waals surface area contributed by atoms with Gasteiger partial charge in [0.2, 0.25) is 0 Å². The van der Waals surface area contributed by atoms with Gasteiger partial charge in [0.25, 0.3) is 17.6 Å². The van der Waals surface area contributed by atoms with E-state index in [0.717, 1.165) is 23.4 Å². The zero-order valence-corrected chi connectivity index (χ0v) is 17.6. The normalized spacial score (nSPS) is 23.3. The van der Waals surface area contributed by atoms with E-state index in [-0.39, 0.29) is 17.5 Å². The first-order valence-electron chi connectivity index (χ1n) is 10.1. The molecule has 31 heavy (non-hydrogen) atoms. The van der Waals surface area contributed by atoms with Crippen LogP contribution in [0, 0.1) is 13.8 Å². The lowest BCUT2D eigenvalue weighted by molar-refractivity contribution is -0.136. The van der Waals surface area contributed by atoms with E-state index in [1.807, 2.05) is 25.4 Å². The Labute approximate surface area is 179 Å². The highest BCUT2D eigenvalue weighted by Gasteiger charge is 2.53. The molecular formula is C22H24FN5O3. The molecule has 2 aliphatic rings. The summed E-state index contributed by atoms with van der Waals surface area (Å²) in [5.41, 5.74) is 2.54. The molecule has 8 nitrogen and oxygen atoms in total. The third kappa shape index (κ3) is 3.60. The van der Waals surface area contributed by atoms with Gasteiger partial charge in [-0.3, -0.25) is 19.8 Å². The fourth-order valence-corrected chi connectivity index (χ4v) is 4.02. The summed E-state index contributed by atoms with van der Waals surface area (Å²) < 4.78 is 15.2. The number of urea groups is 1. The first kappa shape index (κ1) is 20.8. The fraction of sp³-hybridized carbons (Fsp3) is 0.364. The number of carbonyl (C=O) groups excluding carboxylic acids is 3. The molecule has 0 saturated carbocycles. The maximum Gasteiger partial charge on any atom is 0.327 e. The molecule has 2 atom stereocenters. The van der Waals surface area contributed by atoms with E-state index in [9.17, 15) is 14.4 Å². The number of hydrogen-bond acceptors (Lipinski definition) is 5. The minimum absolute atomic E-state index is 0.00298. The zero-order chi connectivity index (χ0) is 22.3. The number of rotatable bonds is 4. The van der Waals surface area contributed by atoms with Crippen LogP contribution in [0.5, 0.6) is 0 Å². The summed E-state index contributed by atoms with van der Waals surface area (Å²) in [6.45, 7) is 5.11. The number of aromatic nitrogens is 1. The molecule has 0 radical (unpaired) electrons. The van der Waals surface area contributed by atoms with Crippen LogP contribution in [0.1, 0.15) is 33.5 Å². The van der Waals surface area contributed by atoms with Crippen molar-refractivity contribution in [3.63, 3.8) is 0 Å². The van der Waals surface area contributed by atoms with E-state index in [4.69, 9.17) is 0 Å². The van der Waals surface area contributed by atoms with E-state index < -0.39 is 17.7 Å². The predicted octanol–water partition coefficient (Wildman–Crippen LogP) is 2.33. The van der Waals surface area contributed by atoms with Crippen molar-refractivity contribution in [3.8, 4) is 0 Å². The minimum atomic E-state index is -2.58. The number of aryl methyl sites for hydroxylation is 2. The average Bonchev–Trinajstić information content (AvgIpc) is 3.29. The number of anilines is 1. The number of halogens is 1. The van der Waals surface area contributed by atoms with Crippen LogP contribution in [-0.4, -0.2) is 58.8 Å². The van der Waals surface area contributed by atoms with Gasteiger partial charge in [-0.25, -0.2) is 14.2 Å². The summed E-state index contributed by atoms with van der Waals surface area (Å²) in [4.78, 5) is 43.3. The molecule has 0 unspecified atom stereocenters. The molecule has 2 saturated heterocycles. The molecule has 2 aliphatic heterocycles. The molecule has 1 aromatic carbocycles. The summed E-state index contributed by atoms with van der Waals surface area (Å²) in [5, 5.41) is 5.36. The molecule has 4 amide bonds. The number of benzene rings is 1. The zero-order valence-electron chi connectivity index (χ0n) is 17.6. The number of hydrogen-bond donors (Lipinski definition) is 2. The number of pyridine rings is 1. The molecule has 2 aromatic rings. The van der Waals surface area contributed by atoms with Crippen molar-refractivity contribution >= 4 is 23.7 Å². The Balaban J connectivity index is 1.43. The molecule has 9 heteroatoms. The summed E-state index contributed by atoms with van der Waals surface area (Å²) in [5.74, 6) is -2.97. The van der Waals surface area contributed by atoms with Crippen molar-refractivity contribution in [1.82, 2.24) is 20.1 Å². The van der Waals surface area contributed by atoms with Crippen LogP contribution in [-0.2, 0) is 10.6 Å². The number of alkyl halides is 1. The van der Waals surface area contributed by atoms with Crippen LogP contribution >= 0.6 is 0 Å². The Morgan fingerprint density at radius 1 is 1.26 bits per heavy atom. The van der Waals surface area contributed by atoms with E-state index >= 15 is 4.39 Å². The highest BCUT2D eigenvalue weighted by molar-refractivity contribution is 6.06. The minimum Gasteiger partial charge on any atom is -0.365 e. The highest BCUT2D eigenvalue weighted by Crippen LogP contribution is 2.33. The second-order valence-corrected chi connectivity index (χ2v) is 8.08. The summed E-state index contributed by atoms with van der Waals surface area (Å²) in [7, 11) is 1.21. The summed E-state index contributed by atoms with van der Waals surface area (Å²) >= 11 is 0. The van der Waals surface area contributed by atoms with Crippen molar-refractivity contribution in [2.75, 3.05) is 25.5 Å². The van der Waals surface area contributed by atoms with Crippen molar-refractivity contribution in [1.29, 1.82) is 0 Å². The maximum absolute atomic E-state index is 15.2. The molecule has 0 spiro atoms. The van der Waals surface area contributed by atoms with Gasteiger partial charge in [0.1, 0.15) is 5.82 Å². The number of amides is 4. The van der Waals surface area contributed by atoms with Gasteiger partial charge in [-0.05, 0) is 43.5 Å². The number of imide groups is 1. The number of nitrogens with zero attached hydrogens (tertiary/aromatic N) is 3. The lowest BCUT2D eigenvalue weighted by atomic mass is 10.0. The van der Waals surface area contributed by atoms with Crippen LogP contribution in [0.4, 0.5) is 15.0 Å². The fourth-order valence-electron chi connectivity index (χ4n) is 4.02. The van der Waals surface area contributed by atoms with Gasteiger partial charge in [0.15, 0.2) is 0 Å². The van der Waals surface area contributed by atoms with Crippen LogP contribution in [0.3, 0.4) is 0 Å². The lowest BCUT2D eigenvalue weighted by Gasteiger charge is -2.24. The average molecular weight is 425 g/mol. The lowest BCUT2D eigenvalue weighted by Crippen LogP contribution is -2.40. The topological polar surface area (TPSA) is 94.6 Å². The van der Waals surface area contributed by atoms with Gasteiger partial charge in [0, 0.05) is 43.5 Å². The second-order valence-electron chi connectivity index (χ2n) is 8.08. The largest absolute Gasteiger partial charge is 0.365 e. The van der Waals surface area contributed by atoms with Gasteiger partial charge in [0.05, 0.1) is 0 Å². The number of likely N-dealkylation sites (N-methyl/N-ethyl adjacent to an activating group) is 1. The quantitative estimate of drug-likeness (QED) is 0.579. The van der Waals surface area contributed by atoms with Crippen molar-refractivity contribution in [2.45, 2.75) is 32.1 Å². The molecule has 1 aromatic heterocycles. The molecule has 0 aliphatic carbocycles. The predicted molar refractivity (Wildman–Crippen MR) is 112 cm³/mol. The first-order chi connectivity index (χ1) is 14.7. The van der Waals surface area contributed by atoms with E-state index in [0.29, 0.717) is 23.6 Å². The third-order valence-corrected chi connectivity index (χ3v) is 5.83. The Bertz CT molecular complexity index is 1060. The molecule has 0 bridgehead atoms.